The normalized spacial score (nSPS) is 13.3. The van der Waals surface area contributed by atoms with Crippen molar-refractivity contribution in [2.75, 3.05) is 4.90 Å². The van der Waals surface area contributed by atoms with E-state index in [1.807, 2.05) is 30.3 Å². The van der Waals surface area contributed by atoms with Gasteiger partial charge in [0.1, 0.15) is 5.56 Å². The van der Waals surface area contributed by atoms with Gasteiger partial charge in [0.25, 0.3) is 0 Å². The van der Waals surface area contributed by atoms with E-state index in [9.17, 15) is 4.79 Å². The third kappa shape index (κ3) is 2.24. The lowest BCUT2D eigenvalue weighted by atomic mass is 10.1. The zero-order chi connectivity index (χ0) is 15.0. The quantitative estimate of drug-likeness (QED) is 0.617. The van der Waals surface area contributed by atoms with Crippen LogP contribution in [-0.2, 0) is 11.3 Å². The molecule has 1 aliphatic heterocycles. The lowest BCUT2D eigenvalue weighted by Crippen LogP contribution is -2.30. The minimum Gasteiger partial charge on any atom is -0.361 e. The van der Waals surface area contributed by atoms with Crippen LogP contribution in [-0.4, -0.2) is 16.4 Å². The van der Waals surface area contributed by atoms with Crippen LogP contribution in [0.15, 0.2) is 42.5 Å². The van der Waals surface area contributed by atoms with E-state index >= 15 is 0 Å². The van der Waals surface area contributed by atoms with E-state index in [0.29, 0.717) is 27.8 Å². The fourth-order valence-corrected chi connectivity index (χ4v) is 2.88. The standard InChI is InChI=1S/C15H9Cl2N3O/c16-10-6-7-11(17)14-12(10)13(19-18)15(21)20(14)8-9-4-2-1-3-5-9/h1-7H,8H2. The molecule has 21 heavy (non-hydrogen) atoms. The molecule has 0 unspecified atom stereocenters. The average Bonchev–Trinajstić information content (AvgIpc) is 2.78. The zero-order valence-corrected chi connectivity index (χ0v) is 12.3. The molecular weight excluding hydrogens is 309 g/mol. The smallest absolute Gasteiger partial charge is 0.361 e. The monoisotopic (exact) mass is 317 g/mol. The molecule has 0 N–H and O–H groups in total. The molecule has 2 aromatic carbocycles. The zero-order valence-electron chi connectivity index (χ0n) is 10.8. The van der Waals surface area contributed by atoms with Gasteiger partial charge in [0, 0.05) is 0 Å². The fraction of sp³-hybridized carbons (Fsp3) is 0.0667. The molecule has 1 heterocycles. The number of hydrogen-bond acceptors (Lipinski definition) is 1. The number of carbonyl (C=O) groups excluding carboxylic acids is 1. The second-order valence-corrected chi connectivity index (χ2v) is 5.39. The van der Waals surface area contributed by atoms with Crippen molar-refractivity contribution in [1.82, 2.24) is 0 Å². The highest BCUT2D eigenvalue weighted by molar-refractivity contribution is 6.57. The summed E-state index contributed by atoms with van der Waals surface area (Å²) in [5.74, 6) is -0.425. The molecule has 0 spiro atoms. The Bertz CT molecular complexity index is 783. The van der Waals surface area contributed by atoms with Crippen molar-refractivity contribution in [3.8, 4) is 0 Å². The first-order valence-corrected chi connectivity index (χ1v) is 6.95. The van der Waals surface area contributed by atoms with Gasteiger partial charge in [-0.2, -0.15) is 4.79 Å². The second kappa shape index (κ2) is 5.34. The summed E-state index contributed by atoms with van der Waals surface area (Å²) >= 11 is 12.3. The van der Waals surface area contributed by atoms with Crippen LogP contribution in [0.1, 0.15) is 11.1 Å². The molecule has 0 aromatic heterocycles. The predicted molar refractivity (Wildman–Crippen MR) is 81.8 cm³/mol. The Kier molecular flexibility index (Phi) is 3.52. The summed E-state index contributed by atoms with van der Waals surface area (Å²) in [6, 6.07) is 12.7. The highest BCUT2D eigenvalue weighted by atomic mass is 35.5. The molecule has 0 fully saturated rings. The third-order valence-corrected chi connectivity index (χ3v) is 3.94. The molecule has 6 heteroatoms. The van der Waals surface area contributed by atoms with E-state index in [4.69, 9.17) is 28.7 Å². The first-order valence-electron chi connectivity index (χ1n) is 6.19. The summed E-state index contributed by atoms with van der Waals surface area (Å²) < 4.78 is 0. The lowest BCUT2D eigenvalue weighted by Gasteiger charge is -2.17. The lowest BCUT2D eigenvalue weighted by molar-refractivity contribution is -0.116. The first kappa shape index (κ1) is 13.8. The number of benzene rings is 2. The number of nitrogens with zero attached hydrogens (tertiary/aromatic N) is 3. The molecule has 0 atom stereocenters. The molecule has 4 nitrogen and oxygen atoms in total. The molecule has 0 saturated heterocycles. The largest absolute Gasteiger partial charge is 0.390 e. The molecule has 0 aliphatic carbocycles. The highest BCUT2D eigenvalue weighted by Crippen LogP contribution is 2.40. The number of carbonyl (C=O) groups is 1. The SMILES string of the molecule is [N-]=[N+]=C1C(=O)N(Cc2ccccc2)c2c(Cl)ccc(Cl)c21. The summed E-state index contributed by atoms with van der Waals surface area (Å²) in [4.78, 5) is 17.0. The summed E-state index contributed by atoms with van der Waals surface area (Å²) in [7, 11) is 0. The molecule has 0 radical (unpaired) electrons. The molecule has 0 saturated carbocycles. The Morgan fingerprint density at radius 2 is 1.71 bits per heavy atom. The molecule has 104 valence electrons. The number of rotatable bonds is 2. The summed E-state index contributed by atoms with van der Waals surface area (Å²) in [6.07, 6.45) is 0. The fourth-order valence-electron chi connectivity index (χ4n) is 2.38. The second-order valence-electron chi connectivity index (χ2n) is 4.58. The number of halogens is 2. The van der Waals surface area contributed by atoms with Crippen molar-refractivity contribution >= 4 is 40.5 Å². The highest BCUT2D eigenvalue weighted by Gasteiger charge is 2.43. The molecular formula is C15H9Cl2N3O. The van der Waals surface area contributed by atoms with E-state index in [2.05, 4.69) is 4.79 Å². The van der Waals surface area contributed by atoms with Crippen LogP contribution in [0.2, 0.25) is 10.0 Å². The Balaban J connectivity index is 2.15. The molecule has 1 amide bonds. The van der Waals surface area contributed by atoms with E-state index in [1.54, 1.807) is 12.1 Å². The van der Waals surface area contributed by atoms with Crippen LogP contribution < -0.4 is 4.90 Å². The van der Waals surface area contributed by atoms with E-state index < -0.39 is 5.91 Å². The van der Waals surface area contributed by atoms with Gasteiger partial charge in [-0.15, -0.1) is 0 Å². The van der Waals surface area contributed by atoms with Crippen LogP contribution in [0.5, 0.6) is 0 Å². The maximum atomic E-state index is 12.4. The van der Waals surface area contributed by atoms with Gasteiger partial charge in [-0.25, -0.2) is 0 Å². The Morgan fingerprint density at radius 3 is 2.38 bits per heavy atom. The first-order chi connectivity index (χ1) is 10.1. The maximum absolute atomic E-state index is 12.4. The van der Waals surface area contributed by atoms with Crippen LogP contribution in [0.25, 0.3) is 5.53 Å². The van der Waals surface area contributed by atoms with Crippen LogP contribution >= 0.6 is 23.2 Å². The van der Waals surface area contributed by atoms with Crippen molar-refractivity contribution in [2.24, 2.45) is 0 Å². The van der Waals surface area contributed by atoms with Crippen molar-refractivity contribution in [3.05, 3.63) is 69.2 Å². The van der Waals surface area contributed by atoms with Crippen LogP contribution in [0.3, 0.4) is 0 Å². The van der Waals surface area contributed by atoms with Gasteiger partial charge >= 0.3 is 11.6 Å². The Labute approximate surface area is 131 Å². The molecule has 1 aliphatic rings. The van der Waals surface area contributed by atoms with Crippen molar-refractivity contribution in [1.29, 1.82) is 0 Å². The minimum absolute atomic E-state index is 0.0894. The third-order valence-electron chi connectivity index (χ3n) is 3.32. The average molecular weight is 318 g/mol. The maximum Gasteiger partial charge on any atom is 0.390 e. The van der Waals surface area contributed by atoms with Crippen molar-refractivity contribution in [3.63, 3.8) is 0 Å². The van der Waals surface area contributed by atoms with Crippen LogP contribution in [0.4, 0.5) is 5.69 Å². The minimum atomic E-state index is -0.425. The molecule has 2 aromatic rings. The van der Waals surface area contributed by atoms with Crippen LogP contribution in [0, 0.1) is 0 Å². The number of fused-ring (bicyclic) bond motifs is 1. The number of hydrogen-bond donors (Lipinski definition) is 0. The summed E-state index contributed by atoms with van der Waals surface area (Å²) in [5, 5.41) is 0.712. The van der Waals surface area contributed by atoms with Gasteiger partial charge < -0.3 is 5.53 Å². The Hall–Kier alpha value is -2.13. The van der Waals surface area contributed by atoms with Gasteiger partial charge in [0.2, 0.25) is 0 Å². The van der Waals surface area contributed by atoms with E-state index in [-0.39, 0.29) is 5.71 Å². The molecule has 3 rings (SSSR count). The van der Waals surface area contributed by atoms with Gasteiger partial charge in [-0.3, -0.25) is 9.69 Å². The molecule has 0 bridgehead atoms. The topological polar surface area (TPSA) is 56.7 Å². The van der Waals surface area contributed by atoms with Gasteiger partial charge in [0.15, 0.2) is 0 Å². The van der Waals surface area contributed by atoms with E-state index in [1.165, 1.54) is 4.90 Å². The Morgan fingerprint density at radius 1 is 1.05 bits per heavy atom. The van der Waals surface area contributed by atoms with Gasteiger partial charge in [-0.1, -0.05) is 53.5 Å². The summed E-state index contributed by atoms with van der Waals surface area (Å²) in [6.45, 7) is 0.325. The predicted octanol–water partition coefficient (Wildman–Crippen LogP) is 3.56. The number of anilines is 1. The van der Waals surface area contributed by atoms with Gasteiger partial charge in [0.05, 0.1) is 22.3 Å². The van der Waals surface area contributed by atoms with Gasteiger partial charge in [-0.05, 0) is 17.7 Å². The van der Waals surface area contributed by atoms with Crippen molar-refractivity contribution < 1.29 is 9.58 Å². The van der Waals surface area contributed by atoms with Crippen molar-refractivity contribution in [2.45, 2.75) is 6.54 Å². The summed E-state index contributed by atoms with van der Waals surface area (Å²) in [5.41, 5.74) is 10.8. The number of amides is 1. The van der Waals surface area contributed by atoms with E-state index in [0.717, 1.165) is 5.56 Å².